The molecular weight excluding hydrogens is 336 g/mol. The number of aryl methyl sites for hydroxylation is 1. The van der Waals surface area contributed by atoms with Crippen LogP contribution in [0.4, 0.5) is 17.3 Å². The summed E-state index contributed by atoms with van der Waals surface area (Å²) in [5, 5.41) is 3.91. The maximum absolute atomic E-state index is 6.17. The number of rotatable bonds is 5. The number of hydrogen-bond acceptors (Lipinski definition) is 5. The molecule has 0 saturated carbocycles. The van der Waals surface area contributed by atoms with Crippen LogP contribution in [-0.4, -0.2) is 16.6 Å². The molecule has 0 fully saturated rings. The van der Waals surface area contributed by atoms with Gasteiger partial charge in [0.15, 0.2) is 5.82 Å². The summed E-state index contributed by atoms with van der Waals surface area (Å²) in [5.41, 5.74) is 8.66. The first kappa shape index (κ1) is 17.0. The van der Waals surface area contributed by atoms with E-state index in [4.69, 9.17) is 22.1 Å². The molecular formula is C19H19ClN4O. The summed E-state index contributed by atoms with van der Waals surface area (Å²) in [6.45, 7) is 4.53. The van der Waals surface area contributed by atoms with Crippen molar-refractivity contribution in [2.75, 3.05) is 17.7 Å². The first-order valence-corrected chi connectivity index (χ1v) is 8.34. The molecule has 0 aliphatic carbocycles. The second-order valence-electron chi connectivity index (χ2n) is 5.55. The number of benzene rings is 2. The molecule has 0 amide bonds. The summed E-state index contributed by atoms with van der Waals surface area (Å²) < 4.78 is 5.45. The molecule has 0 spiro atoms. The molecule has 1 aromatic heterocycles. The molecule has 1 heterocycles. The molecule has 3 aromatic rings. The number of nitrogens with two attached hydrogens (primary N) is 1. The fraction of sp³-hybridized carbons (Fsp3) is 0.158. The maximum atomic E-state index is 6.17. The zero-order chi connectivity index (χ0) is 17.8. The lowest BCUT2D eigenvalue weighted by Gasteiger charge is -2.10. The summed E-state index contributed by atoms with van der Waals surface area (Å²) in [7, 11) is 0. The van der Waals surface area contributed by atoms with E-state index in [2.05, 4.69) is 15.3 Å². The van der Waals surface area contributed by atoms with Gasteiger partial charge in [-0.3, -0.25) is 0 Å². The Labute approximate surface area is 151 Å². The van der Waals surface area contributed by atoms with Crippen LogP contribution in [0.5, 0.6) is 5.75 Å². The Balaban J connectivity index is 1.88. The van der Waals surface area contributed by atoms with Crippen molar-refractivity contribution in [2.45, 2.75) is 13.8 Å². The van der Waals surface area contributed by atoms with Crippen LogP contribution in [0.3, 0.4) is 0 Å². The van der Waals surface area contributed by atoms with Crippen molar-refractivity contribution in [2.24, 2.45) is 0 Å². The van der Waals surface area contributed by atoms with E-state index in [9.17, 15) is 0 Å². The topological polar surface area (TPSA) is 73.1 Å². The summed E-state index contributed by atoms with van der Waals surface area (Å²) in [5.74, 6) is 2.35. The standard InChI is InChI=1S/C19H19ClN4O/c1-3-25-15-8-5-13(6-9-15)19-23-17(21)11-18(24-19)22-14-7-4-12(2)16(20)10-14/h4-11H,3H2,1-2H3,(H3,21,22,23,24). The predicted octanol–water partition coefficient (Wildman–Crippen LogP) is 4.83. The highest BCUT2D eigenvalue weighted by molar-refractivity contribution is 6.31. The average molecular weight is 355 g/mol. The van der Waals surface area contributed by atoms with E-state index in [1.165, 1.54) is 0 Å². The van der Waals surface area contributed by atoms with Crippen LogP contribution in [0.25, 0.3) is 11.4 Å². The third-order valence-corrected chi connectivity index (χ3v) is 4.02. The van der Waals surface area contributed by atoms with E-state index < -0.39 is 0 Å². The van der Waals surface area contributed by atoms with Crippen LogP contribution in [0.1, 0.15) is 12.5 Å². The number of nitrogen functional groups attached to an aromatic ring is 1. The maximum Gasteiger partial charge on any atom is 0.163 e. The highest BCUT2D eigenvalue weighted by atomic mass is 35.5. The number of nitrogens with one attached hydrogen (secondary N) is 1. The summed E-state index contributed by atoms with van der Waals surface area (Å²) in [6.07, 6.45) is 0. The number of ether oxygens (including phenoxy) is 1. The van der Waals surface area contributed by atoms with E-state index in [-0.39, 0.29) is 0 Å². The smallest absolute Gasteiger partial charge is 0.163 e. The summed E-state index contributed by atoms with van der Waals surface area (Å²) in [4.78, 5) is 8.85. The van der Waals surface area contributed by atoms with Crippen LogP contribution < -0.4 is 15.8 Å². The quantitative estimate of drug-likeness (QED) is 0.686. The van der Waals surface area contributed by atoms with Crippen molar-refractivity contribution >= 4 is 28.9 Å². The molecule has 128 valence electrons. The average Bonchev–Trinajstić information content (AvgIpc) is 2.59. The van der Waals surface area contributed by atoms with Gasteiger partial charge >= 0.3 is 0 Å². The second-order valence-corrected chi connectivity index (χ2v) is 5.96. The lowest BCUT2D eigenvalue weighted by Crippen LogP contribution is -2.01. The van der Waals surface area contributed by atoms with Crippen LogP contribution in [0.15, 0.2) is 48.5 Å². The SMILES string of the molecule is CCOc1ccc(-c2nc(N)cc(Nc3ccc(C)c(Cl)c3)n2)cc1. The molecule has 3 rings (SSSR count). The summed E-state index contributed by atoms with van der Waals surface area (Å²) >= 11 is 6.17. The number of hydrogen-bond donors (Lipinski definition) is 2. The van der Waals surface area contributed by atoms with Gasteiger partial charge in [0.2, 0.25) is 0 Å². The van der Waals surface area contributed by atoms with Crippen molar-refractivity contribution in [3.05, 3.63) is 59.1 Å². The van der Waals surface area contributed by atoms with Crippen molar-refractivity contribution in [1.29, 1.82) is 0 Å². The Morgan fingerprint density at radius 3 is 2.52 bits per heavy atom. The van der Waals surface area contributed by atoms with Crippen LogP contribution in [0, 0.1) is 6.92 Å². The Bertz CT molecular complexity index is 881. The third kappa shape index (κ3) is 4.19. The lowest BCUT2D eigenvalue weighted by atomic mass is 10.2. The minimum absolute atomic E-state index is 0.389. The molecule has 5 nitrogen and oxygen atoms in total. The largest absolute Gasteiger partial charge is 0.494 e. The summed E-state index contributed by atoms with van der Waals surface area (Å²) in [6, 6.07) is 15.0. The second kappa shape index (κ2) is 7.40. The molecule has 0 saturated heterocycles. The molecule has 3 N–H and O–H groups in total. The number of nitrogens with zero attached hydrogens (tertiary/aromatic N) is 2. The van der Waals surface area contributed by atoms with E-state index in [1.807, 2.05) is 56.3 Å². The molecule has 25 heavy (non-hydrogen) atoms. The minimum atomic E-state index is 0.389. The molecule has 6 heteroatoms. The highest BCUT2D eigenvalue weighted by Gasteiger charge is 2.07. The van der Waals surface area contributed by atoms with Gasteiger partial charge in [-0.25, -0.2) is 9.97 Å². The molecule has 0 radical (unpaired) electrons. The molecule has 0 aliphatic rings. The molecule has 0 bridgehead atoms. The minimum Gasteiger partial charge on any atom is -0.494 e. The zero-order valence-electron chi connectivity index (χ0n) is 14.1. The normalized spacial score (nSPS) is 10.5. The van der Waals surface area contributed by atoms with Gasteiger partial charge in [-0.05, 0) is 55.8 Å². The molecule has 0 atom stereocenters. The zero-order valence-corrected chi connectivity index (χ0v) is 14.8. The van der Waals surface area contributed by atoms with Gasteiger partial charge in [0.25, 0.3) is 0 Å². The Hall–Kier alpha value is -2.79. The van der Waals surface area contributed by atoms with Gasteiger partial charge < -0.3 is 15.8 Å². The Morgan fingerprint density at radius 1 is 1.08 bits per heavy atom. The molecule has 0 unspecified atom stereocenters. The third-order valence-electron chi connectivity index (χ3n) is 3.61. The first-order valence-electron chi connectivity index (χ1n) is 7.96. The van der Waals surface area contributed by atoms with Crippen LogP contribution in [-0.2, 0) is 0 Å². The predicted molar refractivity (Wildman–Crippen MR) is 103 cm³/mol. The van der Waals surface area contributed by atoms with Crippen LogP contribution in [0.2, 0.25) is 5.02 Å². The van der Waals surface area contributed by atoms with Gasteiger partial charge in [-0.2, -0.15) is 0 Å². The van der Waals surface area contributed by atoms with E-state index >= 15 is 0 Å². The Kier molecular flexibility index (Phi) is 5.05. The number of anilines is 3. The fourth-order valence-electron chi connectivity index (χ4n) is 2.34. The van der Waals surface area contributed by atoms with Gasteiger partial charge in [0, 0.05) is 22.3 Å². The van der Waals surface area contributed by atoms with Gasteiger partial charge in [0.1, 0.15) is 17.4 Å². The Morgan fingerprint density at radius 2 is 1.84 bits per heavy atom. The fourth-order valence-corrected chi connectivity index (χ4v) is 2.53. The number of halogens is 1. The van der Waals surface area contributed by atoms with Gasteiger partial charge in [-0.15, -0.1) is 0 Å². The van der Waals surface area contributed by atoms with Gasteiger partial charge in [-0.1, -0.05) is 17.7 Å². The van der Waals surface area contributed by atoms with E-state index in [1.54, 1.807) is 6.07 Å². The number of aromatic nitrogens is 2. The van der Waals surface area contributed by atoms with Gasteiger partial charge in [0.05, 0.1) is 6.61 Å². The lowest BCUT2D eigenvalue weighted by molar-refractivity contribution is 0.340. The first-order chi connectivity index (χ1) is 12.0. The van der Waals surface area contributed by atoms with Crippen molar-refractivity contribution in [1.82, 2.24) is 9.97 Å². The van der Waals surface area contributed by atoms with Crippen molar-refractivity contribution in [3.8, 4) is 17.1 Å². The van der Waals surface area contributed by atoms with Crippen LogP contribution >= 0.6 is 11.6 Å². The van der Waals surface area contributed by atoms with Crippen molar-refractivity contribution < 1.29 is 4.74 Å². The highest BCUT2D eigenvalue weighted by Crippen LogP contribution is 2.25. The molecule has 0 aliphatic heterocycles. The molecule has 2 aromatic carbocycles. The monoisotopic (exact) mass is 354 g/mol. The van der Waals surface area contributed by atoms with Crippen molar-refractivity contribution in [3.63, 3.8) is 0 Å². The van der Waals surface area contributed by atoms with E-state index in [0.29, 0.717) is 29.1 Å². The van der Waals surface area contributed by atoms with E-state index in [0.717, 1.165) is 22.6 Å².